The van der Waals surface area contributed by atoms with E-state index < -0.39 is 0 Å². The van der Waals surface area contributed by atoms with Gasteiger partial charge in [0, 0.05) is 37.7 Å². The lowest BCUT2D eigenvalue weighted by molar-refractivity contribution is -0.128. The zero-order valence-corrected chi connectivity index (χ0v) is 20.0. The molecule has 0 radical (unpaired) electrons. The van der Waals surface area contributed by atoms with E-state index in [1.807, 2.05) is 36.1 Å². The number of aliphatic imine (C=N–C) groups is 1. The number of guanidine groups is 1. The zero-order chi connectivity index (χ0) is 21.2. The van der Waals surface area contributed by atoms with E-state index in [1.54, 1.807) is 23.1 Å². The van der Waals surface area contributed by atoms with Crippen LogP contribution in [0.15, 0.2) is 47.7 Å². The van der Waals surface area contributed by atoms with Crippen LogP contribution in [0, 0.1) is 0 Å². The fourth-order valence-electron chi connectivity index (χ4n) is 3.24. The summed E-state index contributed by atoms with van der Waals surface area (Å²) in [7, 11) is 0. The Kier molecular flexibility index (Phi) is 10.3. The van der Waals surface area contributed by atoms with Crippen molar-refractivity contribution in [3.63, 3.8) is 0 Å². The van der Waals surface area contributed by atoms with Crippen molar-refractivity contribution in [3.8, 4) is 0 Å². The summed E-state index contributed by atoms with van der Waals surface area (Å²) in [6.07, 6.45) is 5.54. The Morgan fingerprint density at radius 3 is 2.68 bits per heavy atom. The van der Waals surface area contributed by atoms with Gasteiger partial charge in [0.25, 0.3) is 0 Å². The van der Waals surface area contributed by atoms with Crippen LogP contribution in [0.25, 0.3) is 0 Å². The minimum absolute atomic E-state index is 0. The van der Waals surface area contributed by atoms with Gasteiger partial charge in [-0.3, -0.25) is 14.3 Å². The number of benzene rings is 1. The average Bonchev–Trinajstić information content (AvgIpc) is 3.44. The maximum Gasteiger partial charge on any atom is 0.246 e. The molecule has 1 aromatic carbocycles. The molecule has 3 N–H and O–H groups in total. The van der Waals surface area contributed by atoms with Crippen LogP contribution in [-0.4, -0.2) is 58.6 Å². The molecule has 2 aromatic rings. The number of nitrogens with one attached hydrogen (secondary N) is 3. The summed E-state index contributed by atoms with van der Waals surface area (Å²) in [6, 6.07) is 9.34. The van der Waals surface area contributed by atoms with Crippen LogP contribution in [0.4, 0.5) is 5.69 Å². The van der Waals surface area contributed by atoms with E-state index in [1.165, 1.54) is 0 Å². The smallest absolute Gasteiger partial charge is 0.246 e. The van der Waals surface area contributed by atoms with Crippen LogP contribution < -0.4 is 16.0 Å². The highest BCUT2D eigenvalue weighted by Gasteiger charge is 2.17. The Hall–Kier alpha value is -2.63. The summed E-state index contributed by atoms with van der Waals surface area (Å²) >= 11 is 0. The maximum atomic E-state index is 12.2. The molecule has 1 aliphatic rings. The number of carbonyl (C=O) groups excluding carboxylic acids is 2. The molecule has 0 atom stereocenters. The molecule has 1 saturated heterocycles. The van der Waals surface area contributed by atoms with Crippen molar-refractivity contribution in [2.45, 2.75) is 32.9 Å². The Bertz CT molecular complexity index is 864. The van der Waals surface area contributed by atoms with Crippen molar-refractivity contribution in [3.05, 3.63) is 48.3 Å². The van der Waals surface area contributed by atoms with Crippen LogP contribution in [-0.2, 0) is 22.7 Å². The van der Waals surface area contributed by atoms with E-state index in [0.29, 0.717) is 24.7 Å². The van der Waals surface area contributed by atoms with Crippen LogP contribution in [0.1, 0.15) is 25.3 Å². The summed E-state index contributed by atoms with van der Waals surface area (Å²) in [6.45, 7) is 5.18. The Labute approximate surface area is 199 Å². The molecule has 0 bridgehead atoms. The van der Waals surface area contributed by atoms with E-state index in [-0.39, 0.29) is 48.9 Å². The quantitative estimate of drug-likeness (QED) is 0.270. The largest absolute Gasteiger partial charge is 0.357 e. The second-order valence-corrected chi connectivity index (χ2v) is 7.09. The van der Waals surface area contributed by atoms with Gasteiger partial charge in [0.1, 0.15) is 6.54 Å². The van der Waals surface area contributed by atoms with Gasteiger partial charge in [-0.1, -0.05) is 12.1 Å². The number of nitrogens with zero attached hydrogens (tertiary/aromatic N) is 4. The Morgan fingerprint density at radius 2 is 1.97 bits per heavy atom. The number of aromatic nitrogens is 2. The molecule has 10 heteroatoms. The minimum atomic E-state index is -0.144. The second-order valence-electron chi connectivity index (χ2n) is 7.09. The fourth-order valence-corrected chi connectivity index (χ4v) is 3.24. The molecular formula is C21H30IN7O2. The van der Waals surface area contributed by atoms with E-state index in [2.05, 4.69) is 26.0 Å². The predicted molar refractivity (Wildman–Crippen MR) is 131 cm³/mol. The van der Waals surface area contributed by atoms with Gasteiger partial charge >= 0.3 is 0 Å². The van der Waals surface area contributed by atoms with Gasteiger partial charge in [-0.25, -0.2) is 4.99 Å². The highest BCUT2D eigenvalue weighted by Crippen LogP contribution is 2.12. The summed E-state index contributed by atoms with van der Waals surface area (Å²) in [5.74, 6) is 0.549. The van der Waals surface area contributed by atoms with Crippen LogP contribution in [0.3, 0.4) is 0 Å². The zero-order valence-electron chi connectivity index (χ0n) is 17.7. The maximum absolute atomic E-state index is 12.2. The monoisotopic (exact) mass is 539 g/mol. The van der Waals surface area contributed by atoms with Crippen molar-refractivity contribution >= 4 is 47.4 Å². The topological polar surface area (TPSA) is 104 Å². The third kappa shape index (κ3) is 8.19. The van der Waals surface area contributed by atoms with Gasteiger partial charge in [0.05, 0.1) is 13.1 Å². The number of hydrogen-bond donors (Lipinski definition) is 3. The summed E-state index contributed by atoms with van der Waals surface area (Å²) < 4.78 is 1.57. The van der Waals surface area contributed by atoms with Crippen molar-refractivity contribution < 1.29 is 9.59 Å². The van der Waals surface area contributed by atoms with E-state index >= 15 is 0 Å². The van der Waals surface area contributed by atoms with Gasteiger partial charge in [0.2, 0.25) is 11.8 Å². The molecule has 168 valence electrons. The molecule has 3 rings (SSSR count). The minimum Gasteiger partial charge on any atom is -0.357 e. The molecule has 0 spiro atoms. The molecule has 31 heavy (non-hydrogen) atoms. The van der Waals surface area contributed by atoms with Gasteiger partial charge in [0.15, 0.2) is 5.96 Å². The summed E-state index contributed by atoms with van der Waals surface area (Å²) in [5.41, 5.74) is 1.66. The Balaban J connectivity index is 0.00000341. The molecule has 1 aliphatic heterocycles. The summed E-state index contributed by atoms with van der Waals surface area (Å²) in [4.78, 5) is 30.8. The third-order valence-electron chi connectivity index (χ3n) is 4.71. The van der Waals surface area contributed by atoms with Crippen molar-refractivity contribution in [1.29, 1.82) is 0 Å². The third-order valence-corrected chi connectivity index (χ3v) is 4.71. The first-order chi connectivity index (χ1) is 14.6. The summed E-state index contributed by atoms with van der Waals surface area (Å²) in [5, 5.41) is 13.2. The van der Waals surface area contributed by atoms with Crippen molar-refractivity contribution in [1.82, 2.24) is 25.3 Å². The number of anilines is 1. The molecule has 2 amide bonds. The molecule has 1 aromatic heterocycles. The van der Waals surface area contributed by atoms with Gasteiger partial charge < -0.3 is 20.9 Å². The first-order valence-corrected chi connectivity index (χ1v) is 10.3. The number of amides is 2. The highest BCUT2D eigenvalue weighted by molar-refractivity contribution is 14.0. The van der Waals surface area contributed by atoms with Gasteiger partial charge in [-0.2, -0.15) is 5.10 Å². The van der Waals surface area contributed by atoms with Gasteiger partial charge in [-0.15, -0.1) is 24.0 Å². The molecular weight excluding hydrogens is 509 g/mol. The first-order valence-electron chi connectivity index (χ1n) is 10.3. The first kappa shape index (κ1) is 24.6. The molecule has 9 nitrogen and oxygen atoms in total. The number of carbonyl (C=O) groups is 2. The number of hydrogen-bond acceptors (Lipinski definition) is 4. The Morgan fingerprint density at radius 1 is 1.16 bits per heavy atom. The lowest BCUT2D eigenvalue weighted by Crippen LogP contribution is -2.44. The molecule has 0 aliphatic carbocycles. The SMILES string of the molecule is CCNC(=NCc1cccc(NC(=O)Cn2cccn2)c1)NCC(=O)N1CCCC1.I. The van der Waals surface area contributed by atoms with Crippen LogP contribution >= 0.6 is 24.0 Å². The molecule has 0 saturated carbocycles. The second kappa shape index (κ2) is 12.9. The van der Waals surface area contributed by atoms with E-state index in [9.17, 15) is 9.59 Å². The molecule has 0 unspecified atom stereocenters. The normalized spacial score (nSPS) is 13.5. The van der Waals surface area contributed by atoms with Crippen LogP contribution in [0.2, 0.25) is 0 Å². The molecule has 1 fully saturated rings. The van der Waals surface area contributed by atoms with E-state index in [4.69, 9.17) is 0 Å². The highest BCUT2D eigenvalue weighted by atomic mass is 127. The number of likely N-dealkylation sites (tertiary alicyclic amines) is 1. The van der Waals surface area contributed by atoms with Gasteiger partial charge in [-0.05, 0) is 43.5 Å². The lowest BCUT2D eigenvalue weighted by Gasteiger charge is -2.17. The number of rotatable bonds is 8. The fraction of sp³-hybridized carbons (Fsp3) is 0.429. The predicted octanol–water partition coefficient (Wildman–Crippen LogP) is 1.82. The van der Waals surface area contributed by atoms with Crippen molar-refractivity contribution in [2.24, 2.45) is 4.99 Å². The van der Waals surface area contributed by atoms with Crippen LogP contribution in [0.5, 0.6) is 0 Å². The average molecular weight is 539 g/mol. The number of halogens is 1. The standard InChI is InChI=1S/C21H29N7O2.HI/c1-2-22-21(24-15-20(30)27-10-3-4-11-27)23-14-17-7-5-8-18(13-17)26-19(29)16-28-12-6-9-25-28;/h5-9,12-13H,2-4,10-11,14-16H2,1H3,(H,26,29)(H2,22,23,24);1H. The molecule has 2 heterocycles. The van der Waals surface area contributed by atoms with Crippen molar-refractivity contribution in [2.75, 3.05) is 31.5 Å². The van der Waals surface area contributed by atoms with E-state index in [0.717, 1.165) is 31.5 Å². The lowest BCUT2D eigenvalue weighted by atomic mass is 10.2.